The van der Waals surface area contributed by atoms with Crippen molar-refractivity contribution in [2.24, 2.45) is 0 Å². The summed E-state index contributed by atoms with van der Waals surface area (Å²) in [6.45, 7) is 7.06. The molecule has 0 saturated carbocycles. The summed E-state index contributed by atoms with van der Waals surface area (Å²) in [5.41, 5.74) is 0. The molecule has 3 nitrogen and oxygen atoms in total. The van der Waals surface area contributed by atoms with Crippen LogP contribution in [0.4, 0.5) is 0 Å². The van der Waals surface area contributed by atoms with Gasteiger partial charge in [-0.2, -0.15) is 0 Å². The smallest absolute Gasteiger partial charge is 0.332 e. The van der Waals surface area contributed by atoms with Gasteiger partial charge in [-0.05, 0) is 25.1 Å². The molecule has 0 saturated heterocycles. The van der Waals surface area contributed by atoms with Gasteiger partial charge in [0, 0.05) is 6.04 Å². The van der Waals surface area contributed by atoms with Crippen LogP contribution in [0.25, 0.3) is 0 Å². The van der Waals surface area contributed by atoms with Gasteiger partial charge >= 0.3 is 8.56 Å². The third-order valence-electron chi connectivity index (χ3n) is 1.96. The second-order valence-corrected chi connectivity index (χ2v) is 6.91. The fourth-order valence-electron chi connectivity index (χ4n) is 1.29. The molecule has 3 N–H and O–H groups in total. The van der Waals surface area contributed by atoms with E-state index in [9.17, 15) is 9.59 Å². The van der Waals surface area contributed by atoms with Crippen molar-refractivity contribution in [1.82, 2.24) is 5.32 Å². The van der Waals surface area contributed by atoms with E-state index in [1.165, 1.54) is 0 Å². The zero-order chi connectivity index (χ0) is 10.3. The average molecular weight is 205 g/mol. The van der Waals surface area contributed by atoms with Crippen LogP contribution in [-0.2, 0) is 0 Å². The standard InChI is InChI=1S/C9H23NO2Si/c1-4-7-13(11,12)8-5-6-10-9(2)3/h9-12H,4-8H2,1-3H3. The Labute approximate surface area is 82.4 Å². The van der Waals surface area contributed by atoms with Crippen molar-refractivity contribution in [3.8, 4) is 0 Å². The van der Waals surface area contributed by atoms with E-state index in [0.29, 0.717) is 18.1 Å². The van der Waals surface area contributed by atoms with E-state index in [0.717, 1.165) is 19.4 Å². The summed E-state index contributed by atoms with van der Waals surface area (Å²) in [6.07, 6.45) is 1.74. The lowest BCUT2D eigenvalue weighted by atomic mass is 10.4. The highest BCUT2D eigenvalue weighted by Gasteiger charge is 2.26. The number of rotatable bonds is 7. The van der Waals surface area contributed by atoms with Crippen LogP contribution in [0.3, 0.4) is 0 Å². The zero-order valence-corrected chi connectivity index (χ0v) is 10.0. The van der Waals surface area contributed by atoms with Crippen molar-refractivity contribution in [3.63, 3.8) is 0 Å². The lowest BCUT2D eigenvalue weighted by Crippen LogP contribution is -2.35. The molecule has 0 aromatic carbocycles. The Morgan fingerprint density at radius 3 is 2.31 bits per heavy atom. The van der Waals surface area contributed by atoms with Gasteiger partial charge in [-0.15, -0.1) is 0 Å². The van der Waals surface area contributed by atoms with Gasteiger partial charge in [0.05, 0.1) is 0 Å². The Kier molecular flexibility index (Phi) is 6.58. The van der Waals surface area contributed by atoms with Gasteiger partial charge in [-0.3, -0.25) is 0 Å². The molecular formula is C9H23NO2Si. The predicted molar refractivity (Wildman–Crippen MR) is 57.9 cm³/mol. The van der Waals surface area contributed by atoms with Crippen LogP contribution >= 0.6 is 0 Å². The summed E-state index contributed by atoms with van der Waals surface area (Å²) in [6, 6.07) is 1.69. The molecule has 0 aliphatic rings. The first kappa shape index (κ1) is 13.1. The van der Waals surface area contributed by atoms with Gasteiger partial charge in [0.2, 0.25) is 0 Å². The maximum atomic E-state index is 9.55. The minimum atomic E-state index is -2.82. The first-order valence-electron chi connectivity index (χ1n) is 5.16. The van der Waals surface area contributed by atoms with Crippen molar-refractivity contribution < 1.29 is 9.59 Å². The molecular weight excluding hydrogens is 182 g/mol. The highest BCUT2D eigenvalue weighted by molar-refractivity contribution is 6.64. The molecule has 0 rings (SSSR count). The van der Waals surface area contributed by atoms with Gasteiger partial charge in [0.1, 0.15) is 0 Å². The highest BCUT2D eigenvalue weighted by atomic mass is 28.4. The molecule has 0 heterocycles. The van der Waals surface area contributed by atoms with E-state index < -0.39 is 8.56 Å². The van der Waals surface area contributed by atoms with Crippen LogP contribution in [-0.4, -0.2) is 30.7 Å². The number of nitrogens with one attached hydrogen (secondary N) is 1. The van der Waals surface area contributed by atoms with Crippen LogP contribution in [0.1, 0.15) is 33.6 Å². The summed E-state index contributed by atoms with van der Waals surface area (Å²) in [5, 5.41) is 3.26. The minimum Gasteiger partial charge on any atom is -0.411 e. The molecule has 0 aliphatic heterocycles. The molecule has 0 amide bonds. The molecule has 0 spiro atoms. The van der Waals surface area contributed by atoms with Crippen LogP contribution < -0.4 is 5.32 Å². The van der Waals surface area contributed by atoms with E-state index in [1.54, 1.807) is 0 Å². The first-order chi connectivity index (χ1) is 5.98. The van der Waals surface area contributed by atoms with Crippen LogP contribution in [0.15, 0.2) is 0 Å². The van der Waals surface area contributed by atoms with Crippen molar-refractivity contribution >= 4 is 8.56 Å². The highest BCUT2D eigenvalue weighted by Crippen LogP contribution is 2.12. The van der Waals surface area contributed by atoms with Crippen LogP contribution in [0, 0.1) is 0 Å². The van der Waals surface area contributed by atoms with E-state index in [1.807, 2.05) is 6.92 Å². The molecule has 0 aromatic heterocycles. The third-order valence-corrected chi connectivity index (χ3v) is 4.41. The maximum Gasteiger partial charge on any atom is 0.332 e. The second kappa shape index (κ2) is 6.54. The molecule has 0 unspecified atom stereocenters. The van der Waals surface area contributed by atoms with Crippen LogP contribution in [0.5, 0.6) is 0 Å². The van der Waals surface area contributed by atoms with Crippen molar-refractivity contribution in [3.05, 3.63) is 0 Å². The quantitative estimate of drug-likeness (QED) is 0.432. The Morgan fingerprint density at radius 2 is 1.85 bits per heavy atom. The fourth-order valence-corrected chi connectivity index (χ4v) is 3.08. The van der Waals surface area contributed by atoms with E-state index in [4.69, 9.17) is 0 Å². The van der Waals surface area contributed by atoms with Crippen molar-refractivity contribution in [2.75, 3.05) is 6.54 Å². The molecule has 0 aromatic rings. The normalized spacial score (nSPS) is 12.5. The van der Waals surface area contributed by atoms with Gasteiger partial charge in [0.15, 0.2) is 0 Å². The molecule has 13 heavy (non-hydrogen) atoms. The summed E-state index contributed by atoms with van der Waals surface area (Å²) in [7, 11) is -2.82. The molecule has 0 radical (unpaired) electrons. The van der Waals surface area contributed by atoms with Gasteiger partial charge in [-0.25, -0.2) is 0 Å². The second-order valence-electron chi connectivity index (χ2n) is 3.94. The fraction of sp³-hybridized carbons (Fsp3) is 1.00. The Hall–Kier alpha value is 0.0969. The lowest BCUT2D eigenvalue weighted by Gasteiger charge is -2.17. The molecule has 0 atom stereocenters. The summed E-state index contributed by atoms with van der Waals surface area (Å²) >= 11 is 0. The van der Waals surface area contributed by atoms with Gasteiger partial charge < -0.3 is 14.9 Å². The Balaban J connectivity index is 3.40. The number of hydrogen-bond acceptors (Lipinski definition) is 3. The molecule has 4 heteroatoms. The van der Waals surface area contributed by atoms with E-state index in [-0.39, 0.29) is 0 Å². The first-order valence-corrected chi connectivity index (χ1v) is 7.47. The zero-order valence-electron chi connectivity index (χ0n) is 9.01. The Morgan fingerprint density at radius 1 is 1.23 bits per heavy atom. The topological polar surface area (TPSA) is 52.5 Å². The summed E-state index contributed by atoms with van der Waals surface area (Å²) in [5.74, 6) is 0. The maximum absolute atomic E-state index is 9.55. The average Bonchev–Trinajstić information content (AvgIpc) is 1.98. The third kappa shape index (κ3) is 8.43. The Bertz CT molecular complexity index is 129. The van der Waals surface area contributed by atoms with E-state index in [2.05, 4.69) is 19.2 Å². The van der Waals surface area contributed by atoms with Gasteiger partial charge in [-0.1, -0.05) is 27.2 Å². The molecule has 0 aliphatic carbocycles. The lowest BCUT2D eigenvalue weighted by molar-refractivity contribution is 0.353. The van der Waals surface area contributed by atoms with Crippen molar-refractivity contribution in [2.45, 2.75) is 51.7 Å². The largest absolute Gasteiger partial charge is 0.411 e. The summed E-state index contributed by atoms with van der Waals surface area (Å²) in [4.78, 5) is 19.1. The monoisotopic (exact) mass is 205 g/mol. The van der Waals surface area contributed by atoms with E-state index >= 15 is 0 Å². The van der Waals surface area contributed by atoms with Crippen molar-refractivity contribution in [1.29, 1.82) is 0 Å². The molecule has 0 fully saturated rings. The molecule has 80 valence electrons. The SMILES string of the molecule is CCC[Si](O)(O)CCCNC(C)C. The predicted octanol–water partition coefficient (Wildman–Crippen LogP) is 1.21. The minimum absolute atomic E-state index is 0.486. The summed E-state index contributed by atoms with van der Waals surface area (Å²) < 4.78 is 0. The van der Waals surface area contributed by atoms with Gasteiger partial charge in [0.25, 0.3) is 0 Å². The number of hydrogen-bond donors (Lipinski definition) is 3. The van der Waals surface area contributed by atoms with Crippen LogP contribution in [0.2, 0.25) is 12.1 Å². The molecule has 0 bridgehead atoms.